The summed E-state index contributed by atoms with van der Waals surface area (Å²) in [4.78, 5) is 24.2. The Morgan fingerprint density at radius 3 is 2.62 bits per heavy atom. The highest BCUT2D eigenvalue weighted by Crippen LogP contribution is 2.17. The standard InChI is InChI=1S/C18H16BrN5O2/c1-12-17(22-23-24(12)15-9-5-6-13(19)10-15)18(26)20-11-16(25)21-14-7-3-2-4-8-14/h2-10H,11H2,1H3,(H,20,26)(H,21,25). The number of carbonyl (C=O) groups is 2. The molecule has 3 rings (SSSR count). The van der Waals surface area contributed by atoms with Gasteiger partial charge in [0, 0.05) is 10.2 Å². The van der Waals surface area contributed by atoms with Crippen LogP contribution < -0.4 is 10.6 Å². The Balaban J connectivity index is 1.64. The lowest BCUT2D eigenvalue weighted by atomic mass is 10.3. The molecule has 1 heterocycles. The van der Waals surface area contributed by atoms with Crippen molar-refractivity contribution < 1.29 is 9.59 Å². The first kappa shape index (κ1) is 17.8. The van der Waals surface area contributed by atoms with Crippen molar-refractivity contribution in [3.63, 3.8) is 0 Å². The number of nitrogens with one attached hydrogen (secondary N) is 2. The summed E-state index contributed by atoms with van der Waals surface area (Å²) < 4.78 is 2.47. The maximum Gasteiger partial charge on any atom is 0.274 e. The van der Waals surface area contributed by atoms with Crippen LogP contribution in [0, 0.1) is 6.92 Å². The van der Waals surface area contributed by atoms with Crippen molar-refractivity contribution >= 4 is 33.4 Å². The SMILES string of the molecule is Cc1c(C(=O)NCC(=O)Nc2ccccc2)nnn1-c1cccc(Br)c1. The summed E-state index contributed by atoms with van der Waals surface area (Å²) >= 11 is 3.40. The highest BCUT2D eigenvalue weighted by Gasteiger charge is 2.18. The summed E-state index contributed by atoms with van der Waals surface area (Å²) in [5.41, 5.74) is 2.22. The zero-order valence-corrected chi connectivity index (χ0v) is 15.5. The molecule has 0 spiro atoms. The maximum absolute atomic E-state index is 12.3. The van der Waals surface area contributed by atoms with Crippen molar-refractivity contribution in [3.05, 3.63) is 70.5 Å². The average Bonchev–Trinajstić information content (AvgIpc) is 3.02. The van der Waals surface area contributed by atoms with Crippen LogP contribution in [0.1, 0.15) is 16.2 Å². The minimum atomic E-state index is -0.452. The molecule has 0 bridgehead atoms. The topological polar surface area (TPSA) is 88.9 Å². The second-order valence-electron chi connectivity index (χ2n) is 5.51. The molecule has 2 amide bonds. The van der Waals surface area contributed by atoms with Gasteiger partial charge in [0.2, 0.25) is 5.91 Å². The molecule has 0 aliphatic rings. The third kappa shape index (κ3) is 4.15. The number of rotatable bonds is 5. The Bertz CT molecular complexity index is 940. The number of carbonyl (C=O) groups excluding carboxylic acids is 2. The van der Waals surface area contributed by atoms with E-state index in [0.29, 0.717) is 11.4 Å². The first-order valence-electron chi connectivity index (χ1n) is 7.86. The number of nitrogens with zero attached hydrogens (tertiary/aromatic N) is 3. The van der Waals surface area contributed by atoms with E-state index in [1.165, 1.54) is 0 Å². The lowest BCUT2D eigenvalue weighted by molar-refractivity contribution is -0.115. The van der Waals surface area contributed by atoms with Gasteiger partial charge in [-0.25, -0.2) is 4.68 Å². The number of hydrogen-bond donors (Lipinski definition) is 2. The summed E-state index contributed by atoms with van der Waals surface area (Å²) in [6, 6.07) is 16.5. The molecular formula is C18H16BrN5O2. The van der Waals surface area contributed by atoms with E-state index in [0.717, 1.165) is 10.2 Å². The van der Waals surface area contributed by atoms with Gasteiger partial charge in [-0.15, -0.1) is 5.10 Å². The molecule has 0 aliphatic heterocycles. The van der Waals surface area contributed by atoms with Crippen LogP contribution in [0.3, 0.4) is 0 Å². The normalized spacial score (nSPS) is 10.4. The molecule has 26 heavy (non-hydrogen) atoms. The first-order valence-corrected chi connectivity index (χ1v) is 8.65. The van der Waals surface area contributed by atoms with E-state index >= 15 is 0 Å². The fraction of sp³-hybridized carbons (Fsp3) is 0.111. The van der Waals surface area contributed by atoms with Crippen LogP contribution in [0.2, 0.25) is 0 Å². The lowest BCUT2D eigenvalue weighted by Gasteiger charge is -2.06. The van der Waals surface area contributed by atoms with Crippen LogP contribution in [0.5, 0.6) is 0 Å². The molecule has 0 fully saturated rings. The fourth-order valence-corrected chi connectivity index (χ4v) is 2.75. The minimum Gasteiger partial charge on any atom is -0.342 e. The summed E-state index contributed by atoms with van der Waals surface area (Å²) in [6.07, 6.45) is 0. The van der Waals surface area contributed by atoms with Crippen LogP contribution in [-0.4, -0.2) is 33.4 Å². The molecule has 2 aromatic carbocycles. The van der Waals surface area contributed by atoms with Gasteiger partial charge in [0.1, 0.15) is 0 Å². The number of para-hydroxylation sites is 1. The Hall–Kier alpha value is -3.00. The Morgan fingerprint density at radius 2 is 1.88 bits per heavy atom. The molecule has 0 radical (unpaired) electrons. The number of aromatic nitrogens is 3. The molecule has 132 valence electrons. The van der Waals surface area contributed by atoms with Crippen LogP contribution >= 0.6 is 15.9 Å². The van der Waals surface area contributed by atoms with Crippen LogP contribution in [-0.2, 0) is 4.79 Å². The van der Waals surface area contributed by atoms with Crippen molar-refractivity contribution in [2.45, 2.75) is 6.92 Å². The number of amides is 2. The highest BCUT2D eigenvalue weighted by molar-refractivity contribution is 9.10. The molecule has 1 aromatic heterocycles. The van der Waals surface area contributed by atoms with Gasteiger partial charge in [0.25, 0.3) is 5.91 Å². The molecule has 0 saturated carbocycles. The second-order valence-corrected chi connectivity index (χ2v) is 6.43. The van der Waals surface area contributed by atoms with Gasteiger partial charge in [-0.05, 0) is 37.3 Å². The van der Waals surface area contributed by atoms with Crippen LogP contribution in [0.4, 0.5) is 5.69 Å². The van der Waals surface area contributed by atoms with Crippen LogP contribution in [0.15, 0.2) is 59.1 Å². The Morgan fingerprint density at radius 1 is 1.12 bits per heavy atom. The van der Waals surface area contributed by atoms with Crippen molar-refractivity contribution in [1.29, 1.82) is 0 Å². The summed E-state index contributed by atoms with van der Waals surface area (Å²) in [5.74, 6) is -0.770. The van der Waals surface area contributed by atoms with E-state index < -0.39 is 5.91 Å². The number of halogens is 1. The predicted octanol–water partition coefficient (Wildman–Crippen LogP) is 2.71. The number of hydrogen-bond acceptors (Lipinski definition) is 4. The van der Waals surface area contributed by atoms with E-state index in [2.05, 4.69) is 36.9 Å². The van der Waals surface area contributed by atoms with Crippen molar-refractivity contribution in [2.75, 3.05) is 11.9 Å². The Labute approximate surface area is 158 Å². The second kappa shape index (κ2) is 7.92. The van der Waals surface area contributed by atoms with Crippen molar-refractivity contribution in [3.8, 4) is 5.69 Å². The van der Waals surface area contributed by atoms with Gasteiger partial charge in [-0.2, -0.15) is 0 Å². The van der Waals surface area contributed by atoms with E-state index in [-0.39, 0.29) is 18.1 Å². The molecule has 0 saturated heterocycles. The Kier molecular flexibility index (Phi) is 5.43. The molecule has 2 N–H and O–H groups in total. The highest BCUT2D eigenvalue weighted by atomic mass is 79.9. The van der Waals surface area contributed by atoms with Gasteiger partial charge in [0.15, 0.2) is 5.69 Å². The predicted molar refractivity (Wildman–Crippen MR) is 101 cm³/mol. The molecular weight excluding hydrogens is 398 g/mol. The van der Waals surface area contributed by atoms with E-state index in [1.54, 1.807) is 23.7 Å². The van der Waals surface area contributed by atoms with E-state index in [4.69, 9.17) is 0 Å². The van der Waals surface area contributed by atoms with E-state index in [9.17, 15) is 9.59 Å². The number of anilines is 1. The third-order valence-electron chi connectivity index (χ3n) is 3.63. The van der Waals surface area contributed by atoms with Gasteiger partial charge < -0.3 is 10.6 Å². The van der Waals surface area contributed by atoms with Gasteiger partial charge in [0.05, 0.1) is 17.9 Å². The van der Waals surface area contributed by atoms with E-state index in [1.807, 2.05) is 42.5 Å². The molecule has 0 unspecified atom stereocenters. The molecule has 0 aliphatic carbocycles. The maximum atomic E-state index is 12.3. The van der Waals surface area contributed by atoms with Crippen molar-refractivity contribution in [2.24, 2.45) is 0 Å². The van der Waals surface area contributed by atoms with Gasteiger partial charge in [-0.3, -0.25) is 9.59 Å². The largest absolute Gasteiger partial charge is 0.342 e. The fourth-order valence-electron chi connectivity index (χ4n) is 2.36. The van der Waals surface area contributed by atoms with Crippen molar-refractivity contribution in [1.82, 2.24) is 20.3 Å². The average molecular weight is 414 g/mol. The summed E-state index contributed by atoms with van der Waals surface area (Å²) in [6.45, 7) is 1.59. The molecule has 3 aromatic rings. The molecule has 8 heteroatoms. The number of benzene rings is 2. The monoisotopic (exact) mass is 413 g/mol. The van der Waals surface area contributed by atoms with Gasteiger partial charge >= 0.3 is 0 Å². The minimum absolute atomic E-state index is 0.156. The summed E-state index contributed by atoms with van der Waals surface area (Å²) in [7, 11) is 0. The molecule has 7 nitrogen and oxygen atoms in total. The van der Waals surface area contributed by atoms with Crippen LogP contribution in [0.25, 0.3) is 5.69 Å². The smallest absolute Gasteiger partial charge is 0.274 e. The zero-order valence-electron chi connectivity index (χ0n) is 13.9. The lowest BCUT2D eigenvalue weighted by Crippen LogP contribution is -2.33. The quantitative estimate of drug-likeness (QED) is 0.672. The first-order chi connectivity index (χ1) is 12.5. The third-order valence-corrected chi connectivity index (χ3v) is 4.12. The zero-order chi connectivity index (χ0) is 18.5. The van der Waals surface area contributed by atoms with Gasteiger partial charge in [-0.1, -0.05) is 45.4 Å². The molecule has 0 atom stereocenters. The summed E-state index contributed by atoms with van der Waals surface area (Å²) in [5, 5.41) is 13.2.